The second-order valence-electron chi connectivity index (χ2n) is 14.2. The van der Waals surface area contributed by atoms with Crippen LogP contribution in [0.1, 0.15) is 45.6 Å². The van der Waals surface area contributed by atoms with E-state index < -0.39 is 16.1 Å². The van der Waals surface area contributed by atoms with E-state index in [0.29, 0.717) is 10.8 Å². The zero-order chi connectivity index (χ0) is 28.5. The van der Waals surface area contributed by atoms with Gasteiger partial charge < -0.3 is 0 Å². The minimum Gasteiger partial charge on any atom is -0.271 e. The van der Waals surface area contributed by atoms with Crippen LogP contribution in [0.4, 0.5) is 0 Å². The van der Waals surface area contributed by atoms with Crippen molar-refractivity contribution in [3.63, 3.8) is 0 Å². The first-order chi connectivity index (χ1) is 18.9. The molecule has 3 nitrogen and oxygen atoms in total. The lowest BCUT2D eigenvalue weighted by atomic mass is 9.95. The first-order valence-electron chi connectivity index (χ1n) is 15.1. The van der Waals surface area contributed by atoms with E-state index in [1.165, 1.54) is 53.5 Å². The van der Waals surface area contributed by atoms with Crippen molar-refractivity contribution in [1.82, 2.24) is 4.57 Å². The predicted octanol–water partition coefficient (Wildman–Crippen LogP) is 8.11. The summed E-state index contributed by atoms with van der Waals surface area (Å²) in [5.74, 6) is 0. The third kappa shape index (κ3) is 3.16. The van der Waals surface area contributed by atoms with Crippen LogP contribution in [0.2, 0.25) is 39.3 Å². The number of hydrogen-bond donors (Lipinski definition) is 0. The van der Waals surface area contributed by atoms with E-state index >= 15 is 0 Å². The summed E-state index contributed by atoms with van der Waals surface area (Å²) in [6, 6.07) is 13.8. The third-order valence-corrected chi connectivity index (χ3v) is 13.6. The van der Waals surface area contributed by atoms with E-state index in [4.69, 9.17) is 0 Å². The minimum atomic E-state index is -1.79. The Bertz CT molecular complexity index is 2050. The molecule has 0 saturated heterocycles. The fourth-order valence-electron chi connectivity index (χ4n) is 7.85. The van der Waals surface area contributed by atoms with E-state index in [0.717, 1.165) is 36.5 Å². The molecular formula is C35H39NO2Si2. The monoisotopic (exact) mass is 561 g/mol. The van der Waals surface area contributed by atoms with Crippen LogP contribution in [0.15, 0.2) is 46.0 Å². The van der Waals surface area contributed by atoms with Gasteiger partial charge in [0.15, 0.2) is 0 Å². The highest BCUT2D eigenvalue weighted by molar-refractivity contribution is 6.91. The van der Waals surface area contributed by atoms with E-state index in [-0.39, 0.29) is 17.2 Å². The van der Waals surface area contributed by atoms with Gasteiger partial charge in [-0.1, -0.05) is 113 Å². The van der Waals surface area contributed by atoms with Crippen molar-refractivity contribution in [2.75, 3.05) is 0 Å². The molecule has 0 atom stereocenters. The molecule has 7 aromatic rings. The molecule has 40 heavy (non-hydrogen) atoms. The van der Waals surface area contributed by atoms with Gasteiger partial charge >= 0.3 is 0 Å². The molecule has 1 aromatic heterocycles. The molecule has 0 N–H and O–H groups in total. The molecule has 1 heterocycles. The van der Waals surface area contributed by atoms with Crippen LogP contribution >= 0.6 is 0 Å². The zero-order valence-electron chi connectivity index (χ0n) is 25.1. The summed E-state index contributed by atoms with van der Waals surface area (Å²) in [4.78, 5) is 29.0. The molecule has 0 aliphatic carbocycles. The van der Waals surface area contributed by atoms with Gasteiger partial charge in [-0.25, -0.2) is 0 Å². The summed E-state index contributed by atoms with van der Waals surface area (Å²) in [6.45, 7) is 18.6. The average Bonchev–Trinajstić information content (AvgIpc) is 3.37. The van der Waals surface area contributed by atoms with Crippen molar-refractivity contribution in [2.45, 2.75) is 84.9 Å². The lowest BCUT2D eigenvalue weighted by Crippen LogP contribution is -2.38. The van der Waals surface area contributed by atoms with Gasteiger partial charge in [-0.3, -0.25) is 14.2 Å². The molecule has 5 heteroatoms. The Hall–Kier alpha value is -3.03. The van der Waals surface area contributed by atoms with Crippen molar-refractivity contribution < 1.29 is 0 Å². The number of fused-ring (bicyclic) bond motifs is 3. The van der Waals surface area contributed by atoms with Crippen molar-refractivity contribution in [1.29, 1.82) is 0 Å². The Kier molecular flexibility index (Phi) is 5.35. The van der Waals surface area contributed by atoms with Crippen LogP contribution in [0, 0.1) is 0 Å². The van der Waals surface area contributed by atoms with Gasteiger partial charge in [0.05, 0.1) is 26.9 Å². The molecule has 0 amide bonds. The van der Waals surface area contributed by atoms with E-state index in [2.05, 4.69) is 89.5 Å². The summed E-state index contributed by atoms with van der Waals surface area (Å²) < 4.78 is 1.65. The maximum absolute atomic E-state index is 14.5. The molecule has 0 spiro atoms. The Balaban J connectivity index is 1.86. The summed E-state index contributed by atoms with van der Waals surface area (Å²) >= 11 is 0. The lowest BCUT2D eigenvalue weighted by Gasteiger charge is -2.21. The first-order valence-corrected chi connectivity index (χ1v) is 22.1. The Morgan fingerprint density at radius 1 is 0.575 bits per heavy atom. The van der Waals surface area contributed by atoms with E-state index in [1.807, 2.05) is 0 Å². The minimum absolute atomic E-state index is 0.0495. The first kappa shape index (κ1) is 25.9. The summed E-state index contributed by atoms with van der Waals surface area (Å²) in [7, 11) is -3.58. The van der Waals surface area contributed by atoms with E-state index in [9.17, 15) is 9.59 Å². The van der Waals surface area contributed by atoms with Crippen molar-refractivity contribution in [3.8, 4) is 0 Å². The van der Waals surface area contributed by atoms with Crippen LogP contribution in [-0.4, -0.2) is 20.7 Å². The molecule has 7 rings (SSSR count). The summed E-state index contributed by atoms with van der Waals surface area (Å²) in [5.41, 5.74) is -0.153. The topological polar surface area (TPSA) is 39.1 Å². The van der Waals surface area contributed by atoms with E-state index in [1.54, 1.807) is 4.57 Å². The molecule has 6 aromatic carbocycles. The number of benzene rings is 5. The van der Waals surface area contributed by atoms with Crippen LogP contribution in [0.5, 0.6) is 0 Å². The Labute approximate surface area is 237 Å². The van der Waals surface area contributed by atoms with Gasteiger partial charge in [-0.15, -0.1) is 0 Å². The van der Waals surface area contributed by atoms with Crippen LogP contribution in [0.3, 0.4) is 0 Å². The molecule has 204 valence electrons. The van der Waals surface area contributed by atoms with Crippen molar-refractivity contribution in [2.24, 2.45) is 0 Å². The SMILES string of the molecule is CCCC(CCC)n1c(=O)c2c3cc([Si](C)(C)C)c4ccc5ccc6c([Si](C)(C)C)cc(c2c1=O)c1c6c5c4c31. The molecule has 0 bridgehead atoms. The molecular weight excluding hydrogens is 523 g/mol. The third-order valence-electron chi connectivity index (χ3n) is 9.51. The van der Waals surface area contributed by atoms with Gasteiger partial charge in [-0.2, -0.15) is 0 Å². The second-order valence-corrected chi connectivity index (χ2v) is 24.3. The highest BCUT2D eigenvalue weighted by Gasteiger charge is 2.33. The van der Waals surface area contributed by atoms with Gasteiger partial charge in [0.2, 0.25) is 0 Å². The highest BCUT2D eigenvalue weighted by Crippen LogP contribution is 2.49. The quantitative estimate of drug-likeness (QED) is 0.146. The molecule has 0 aliphatic heterocycles. The summed E-state index contributed by atoms with van der Waals surface area (Å²) in [5, 5.41) is 16.4. The second kappa shape index (κ2) is 8.26. The van der Waals surface area contributed by atoms with Crippen LogP contribution in [-0.2, 0) is 0 Å². The standard InChI is InChI=1S/C35H39NO2Si2/c1-9-11-20(12-10-2)36-34(37)32-23-17-25(39(3,4)5)21-15-13-19-14-16-22-26(40(6,7)8)18-24(33(32)35(36)38)31-29(22)27(19)28(21)30(23)31/h13-18,20H,9-12H2,1-8H3. The van der Waals surface area contributed by atoms with Crippen molar-refractivity contribution >= 4 is 91.2 Å². The molecule has 0 radical (unpaired) electrons. The fourth-order valence-corrected chi connectivity index (χ4v) is 11.0. The average molecular weight is 562 g/mol. The van der Waals surface area contributed by atoms with Gasteiger partial charge in [0.25, 0.3) is 11.1 Å². The number of aromatic nitrogens is 1. The zero-order valence-corrected chi connectivity index (χ0v) is 27.1. The summed E-state index contributed by atoms with van der Waals surface area (Å²) in [6.07, 6.45) is 3.61. The fraction of sp³-hybridized carbons (Fsp3) is 0.371. The van der Waals surface area contributed by atoms with Crippen molar-refractivity contribution in [3.05, 3.63) is 57.1 Å². The molecule has 0 fully saturated rings. The number of hydrogen-bond acceptors (Lipinski definition) is 2. The Morgan fingerprint density at radius 2 is 0.975 bits per heavy atom. The van der Waals surface area contributed by atoms with Gasteiger partial charge in [0.1, 0.15) is 0 Å². The van der Waals surface area contributed by atoms with Crippen LogP contribution in [0.25, 0.3) is 64.6 Å². The largest absolute Gasteiger partial charge is 0.271 e. The number of nitrogens with zero attached hydrogens (tertiary/aromatic N) is 1. The van der Waals surface area contributed by atoms with Gasteiger partial charge in [0, 0.05) is 6.04 Å². The maximum Gasteiger partial charge on any atom is 0.262 e. The predicted molar refractivity (Wildman–Crippen MR) is 182 cm³/mol. The van der Waals surface area contributed by atoms with Gasteiger partial charge in [-0.05, 0) is 66.7 Å². The lowest BCUT2D eigenvalue weighted by molar-refractivity contribution is 0.413. The molecule has 0 saturated carbocycles. The number of rotatable bonds is 7. The smallest absolute Gasteiger partial charge is 0.262 e. The molecule has 0 aliphatic rings. The maximum atomic E-state index is 14.5. The molecule has 0 unspecified atom stereocenters. The normalized spacial score (nSPS) is 13.8. The Morgan fingerprint density at radius 3 is 1.35 bits per heavy atom. The highest BCUT2D eigenvalue weighted by atomic mass is 28.3. The van der Waals surface area contributed by atoms with Crippen LogP contribution < -0.4 is 21.5 Å².